The van der Waals surface area contributed by atoms with Gasteiger partial charge in [-0.05, 0) is 43.7 Å². The van der Waals surface area contributed by atoms with Gasteiger partial charge in [0.2, 0.25) is 0 Å². The molecule has 0 amide bonds. The second kappa shape index (κ2) is 11.8. The van der Waals surface area contributed by atoms with E-state index >= 15 is 8.78 Å². The molecule has 3 N–H and O–H groups in total. The number of likely N-dealkylation sites (N-methyl/N-ethyl adjacent to an activating group) is 1. The van der Waals surface area contributed by atoms with E-state index < -0.39 is 17.7 Å². The predicted molar refractivity (Wildman–Crippen MR) is 173 cm³/mol. The van der Waals surface area contributed by atoms with Crippen molar-refractivity contribution < 1.29 is 28.1 Å². The number of nitrogen functional groups attached to an aromatic ring is 1. The van der Waals surface area contributed by atoms with Crippen LogP contribution in [-0.2, 0) is 22.7 Å². The van der Waals surface area contributed by atoms with Gasteiger partial charge in [-0.25, -0.2) is 8.78 Å². The molecule has 2 aromatic carbocycles. The molecule has 14 heteroatoms. The van der Waals surface area contributed by atoms with Crippen LogP contribution in [0.2, 0.25) is 0 Å². The summed E-state index contributed by atoms with van der Waals surface area (Å²) >= 11 is 1.16. The maximum Gasteiger partial charge on any atom is 0.319 e. The molecule has 5 aliphatic heterocycles. The van der Waals surface area contributed by atoms with Gasteiger partial charge < -0.3 is 34.9 Å². The first-order valence-electron chi connectivity index (χ1n) is 15.9. The molecular weight excluding hydrogens is 628 g/mol. The molecular formula is C33H35F2N7O4S. The number of piperazine rings is 1. The van der Waals surface area contributed by atoms with Crippen LogP contribution in [0.25, 0.3) is 32.1 Å². The van der Waals surface area contributed by atoms with E-state index in [9.17, 15) is 10.4 Å². The fraction of sp³-hybridized carbons (Fsp3) is 0.485. The fourth-order valence-electron chi connectivity index (χ4n) is 7.74. The molecule has 2 unspecified atom stereocenters. The van der Waals surface area contributed by atoms with Gasteiger partial charge in [0.25, 0.3) is 0 Å². The number of anilines is 2. The van der Waals surface area contributed by atoms with E-state index in [4.69, 9.17) is 24.9 Å². The Hall–Kier alpha value is -3.71. The number of hydrogen-bond donors (Lipinski definition) is 2. The van der Waals surface area contributed by atoms with Crippen LogP contribution >= 0.6 is 11.3 Å². The van der Waals surface area contributed by atoms with Crippen LogP contribution in [0.4, 0.5) is 19.6 Å². The largest absolute Gasteiger partial charge is 0.461 e. The highest BCUT2D eigenvalue weighted by atomic mass is 32.1. The number of nitriles is 1. The molecule has 0 aliphatic carbocycles. The summed E-state index contributed by atoms with van der Waals surface area (Å²) in [5.74, 6) is -0.833. The number of aliphatic hydroxyl groups is 1. The number of piperidine rings is 1. The zero-order valence-corrected chi connectivity index (χ0v) is 26.9. The van der Waals surface area contributed by atoms with Crippen molar-refractivity contribution in [1.29, 1.82) is 5.26 Å². The highest BCUT2D eigenvalue weighted by Crippen LogP contribution is 2.49. The Labute approximate surface area is 274 Å². The highest BCUT2D eigenvalue weighted by Gasteiger charge is 2.47. The number of halogens is 2. The van der Waals surface area contributed by atoms with Crippen LogP contribution in [0.3, 0.4) is 0 Å². The maximum absolute atomic E-state index is 17.3. The molecule has 0 radical (unpaired) electrons. The van der Waals surface area contributed by atoms with Gasteiger partial charge in [-0.1, -0.05) is 0 Å². The van der Waals surface area contributed by atoms with Crippen molar-refractivity contribution in [2.24, 2.45) is 0 Å². The fourth-order valence-corrected chi connectivity index (χ4v) is 8.67. The number of benzene rings is 2. The van der Waals surface area contributed by atoms with Gasteiger partial charge in [0, 0.05) is 66.0 Å². The molecule has 0 saturated carbocycles. The lowest BCUT2D eigenvalue weighted by Gasteiger charge is -2.57. The molecule has 4 saturated heterocycles. The topological polar surface area (TPSA) is 133 Å². The number of aliphatic hydroxyl groups excluding tert-OH is 1. The standard InChI is InChI=1S/C33H35F2N7O4S/c1-16(43)9-41-10-17-7-18(11-41)42(17)32-27-22-15-44-14-21(22)26(28-23(34)3-4-24-25(28)20(8-36)31(37)47-24)29(35)30(27)38-33(39-32)46-13-19-12-40(2)5-6-45-19/h3-4,16-19,43H,5-7,9-15,37H2,1-2H3/t16-,17?,18?,19-/m1/s1. The third-order valence-electron chi connectivity index (χ3n) is 9.73. The lowest BCUT2D eigenvalue weighted by atomic mass is 9.85. The quantitative estimate of drug-likeness (QED) is 0.300. The molecule has 0 spiro atoms. The Kier molecular flexibility index (Phi) is 7.66. The summed E-state index contributed by atoms with van der Waals surface area (Å²) in [6.45, 7) is 6.31. The second-order valence-electron chi connectivity index (χ2n) is 13.0. The zero-order chi connectivity index (χ0) is 32.6. The van der Waals surface area contributed by atoms with Crippen molar-refractivity contribution in [3.05, 3.63) is 40.5 Å². The van der Waals surface area contributed by atoms with E-state index in [1.165, 1.54) is 6.07 Å². The first kappa shape index (κ1) is 30.6. The average molecular weight is 664 g/mol. The number of rotatable bonds is 7. The number of aromatic nitrogens is 2. The van der Waals surface area contributed by atoms with Crippen LogP contribution in [0.15, 0.2) is 12.1 Å². The smallest absolute Gasteiger partial charge is 0.319 e. The number of nitrogens with zero attached hydrogens (tertiary/aromatic N) is 6. The molecule has 11 nitrogen and oxygen atoms in total. The molecule has 4 atom stereocenters. The van der Waals surface area contributed by atoms with E-state index in [2.05, 4.69) is 25.8 Å². The number of morpholine rings is 1. The molecule has 246 valence electrons. The SMILES string of the molecule is C[C@@H](O)CN1CC2CC(C1)N2c1nc(OC[C@H]2CN(C)CCO2)nc2c(F)c(-c3c(F)ccc4sc(N)c(C#N)c34)c3c(c12)COC3. The van der Waals surface area contributed by atoms with Crippen LogP contribution in [0.1, 0.15) is 30.0 Å². The zero-order valence-electron chi connectivity index (χ0n) is 26.1. The monoisotopic (exact) mass is 663 g/mol. The van der Waals surface area contributed by atoms with Crippen molar-refractivity contribution >= 4 is 43.1 Å². The average Bonchev–Trinajstić information content (AvgIpc) is 3.64. The summed E-state index contributed by atoms with van der Waals surface area (Å²) in [5, 5.41) is 21.0. The second-order valence-corrected chi connectivity index (χ2v) is 14.1. The Morgan fingerprint density at radius 3 is 2.68 bits per heavy atom. The summed E-state index contributed by atoms with van der Waals surface area (Å²) < 4.78 is 51.7. The van der Waals surface area contributed by atoms with Gasteiger partial charge >= 0.3 is 6.01 Å². The first-order valence-corrected chi connectivity index (χ1v) is 16.7. The number of fused-ring (bicyclic) bond motifs is 6. The van der Waals surface area contributed by atoms with Gasteiger partial charge in [-0.2, -0.15) is 15.2 Å². The summed E-state index contributed by atoms with van der Waals surface area (Å²) in [6, 6.07) is 5.15. The predicted octanol–water partition coefficient (Wildman–Crippen LogP) is 3.63. The summed E-state index contributed by atoms with van der Waals surface area (Å²) in [5.41, 5.74) is 7.48. The van der Waals surface area contributed by atoms with Crippen molar-refractivity contribution in [3.8, 4) is 23.2 Å². The molecule has 47 heavy (non-hydrogen) atoms. The third-order valence-corrected chi connectivity index (χ3v) is 10.7. The number of hydrogen-bond acceptors (Lipinski definition) is 12. The van der Waals surface area contributed by atoms with Gasteiger partial charge in [0.15, 0.2) is 5.82 Å². The minimum atomic E-state index is -0.729. The van der Waals surface area contributed by atoms with Crippen LogP contribution in [-0.4, -0.2) is 102 Å². The molecule has 4 fully saturated rings. The third kappa shape index (κ3) is 5.08. The van der Waals surface area contributed by atoms with E-state index in [0.717, 1.165) is 37.4 Å². The normalized spacial score (nSPS) is 23.6. The molecule has 9 rings (SSSR count). The van der Waals surface area contributed by atoms with Crippen molar-refractivity contribution in [3.63, 3.8) is 0 Å². The van der Waals surface area contributed by atoms with Crippen molar-refractivity contribution in [2.75, 3.05) is 63.6 Å². The number of nitrogens with two attached hydrogens (primary N) is 1. The van der Waals surface area contributed by atoms with Crippen molar-refractivity contribution in [1.82, 2.24) is 19.8 Å². The van der Waals surface area contributed by atoms with Gasteiger partial charge in [0.1, 0.15) is 40.9 Å². The minimum Gasteiger partial charge on any atom is -0.461 e. The van der Waals surface area contributed by atoms with Crippen LogP contribution in [0.5, 0.6) is 6.01 Å². The Morgan fingerprint density at radius 1 is 1.15 bits per heavy atom. The van der Waals surface area contributed by atoms with E-state index in [-0.39, 0.29) is 76.6 Å². The minimum absolute atomic E-state index is 0.00912. The molecule has 7 heterocycles. The molecule has 5 aliphatic rings. The highest BCUT2D eigenvalue weighted by molar-refractivity contribution is 7.23. The summed E-state index contributed by atoms with van der Waals surface area (Å²) in [4.78, 5) is 16.2. The summed E-state index contributed by atoms with van der Waals surface area (Å²) in [7, 11) is 2.02. The maximum atomic E-state index is 17.3. The van der Waals surface area contributed by atoms with E-state index in [1.807, 2.05) is 7.05 Å². The first-order chi connectivity index (χ1) is 22.7. The molecule has 2 aromatic heterocycles. The Balaban J connectivity index is 1.31. The van der Waals surface area contributed by atoms with Gasteiger partial charge in [-0.3, -0.25) is 4.90 Å². The van der Waals surface area contributed by atoms with E-state index in [0.29, 0.717) is 46.7 Å². The van der Waals surface area contributed by atoms with Crippen LogP contribution in [0, 0.1) is 23.0 Å². The van der Waals surface area contributed by atoms with Gasteiger partial charge in [-0.15, -0.1) is 11.3 Å². The Bertz CT molecular complexity index is 1940. The molecule has 4 aromatic rings. The van der Waals surface area contributed by atoms with Crippen LogP contribution < -0.4 is 15.4 Å². The lowest BCUT2D eigenvalue weighted by Crippen LogP contribution is -2.69. The molecule has 2 bridgehead atoms. The Morgan fingerprint density at radius 2 is 1.94 bits per heavy atom. The lowest BCUT2D eigenvalue weighted by molar-refractivity contribution is -0.0416. The number of ether oxygens (including phenoxy) is 3. The van der Waals surface area contributed by atoms with E-state index in [1.54, 1.807) is 13.0 Å². The number of thiophene rings is 1. The van der Waals surface area contributed by atoms with Gasteiger partial charge in [0.05, 0.1) is 36.9 Å². The van der Waals surface area contributed by atoms with Crippen molar-refractivity contribution in [2.45, 2.75) is 50.8 Å². The summed E-state index contributed by atoms with van der Waals surface area (Å²) in [6.07, 6.45) is 0.297.